The molecule has 2 aromatic heterocycles. The summed E-state index contributed by atoms with van der Waals surface area (Å²) >= 11 is 7.70. The van der Waals surface area contributed by atoms with Crippen molar-refractivity contribution in [3.05, 3.63) is 105 Å². The summed E-state index contributed by atoms with van der Waals surface area (Å²) in [6, 6.07) is 16.9. The van der Waals surface area contributed by atoms with Crippen molar-refractivity contribution in [3.8, 4) is 11.5 Å². The third-order valence-electron chi connectivity index (χ3n) is 4.96. The van der Waals surface area contributed by atoms with E-state index in [1.807, 2.05) is 60.0 Å². The van der Waals surface area contributed by atoms with Crippen LogP contribution in [0.25, 0.3) is 6.08 Å². The van der Waals surface area contributed by atoms with E-state index < -0.39 is 6.10 Å². The number of thiazole rings is 1. The minimum absolute atomic E-state index is 0.231. The number of nitrogens with zero attached hydrogens (tertiary/aromatic N) is 2. The molecule has 2 N–H and O–H groups in total. The maximum atomic E-state index is 10.6. The smallest absolute Gasteiger partial charge is 0.150 e. The van der Waals surface area contributed by atoms with Gasteiger partial charge in [0, 0.05) is 28.4 Å². The van der Waals surface area contributed by atoms with Crippen molar-refractivity contribution < 1.29 is 9.84 Å². The van der Waals surface area contributed by atoms with E-state index in [9.17, 15) is 5.11 Å². The summed E-state index contributed by atoms with van der Waals surface area (Å²) in [7, 11) is 0. The molecule has 0 aliphatic carbocycles. The third-order valence-corrected chi connectivity index (χ3v) is 6.12. The summed E-state index contributed by atoms with van der Waals surface area (Å²) in [5, 5.41) is 17.5. The topological polar surface area (TPSA) is 67.3 Å². The summed E-state index contributed by atoms with van der Waals surface area (Å²) in [6.07, 6.45) is 6.21. The number of para-hydroxylation sites is 1. The van der Waals surface area contributed by atoms with Crippen LogP contribution in [0.2, 0.25) is 5.02 Å². The SMILES string of the molecule is OC(C=Cc1ccncc1)c1csc(C2Nc3cc(Cl)ccc3Oc3ccccc32)n1. The zero-order chi connectivity index (χ0) is 21.2. The van der Waals surface area contributed by atoms with Crippen molar-refractivity contribution in [1.29, 1.82) is 0 Å². The van der Waals surface area contributed by atoms with Gasteiger partial charge >= 0.3 is 0 Å². The van der Waals surface area contributed by atoms with E-state index >= 15 is 0 Å². The minimum atomic E-state index is -0.808. The van der Waals surface area contributed by atoms with Gasteiger partial charge in [0.1, 0.15) is 22.9 Å². The Hall–Kier alpha value is -3.19. The Kier molecular flexibility index (Phi) is 5.42. The second-order valence-corrected chi connectivity index (χ2v) is 8.38. The Balaban J connectivity index is 1.47. The highest BCUT2D eigenvalue weighted by atomic mass is 35.5. The molecule has 0 saturated heterocycles. The van der Waals surface area contributed by atoms with Gasteiger partial charge in [-0.2, -0.15) is 0 Å². The first kappa shape index (κ1) is 19.8. The number of hydrogen-bond acceptors (Lipinski definition) is 6. The van der Waals surface area contributed by atoms with Crippen LogP contribution in [-0.2, 0) is 0 Å². The van der Waals surface area contributed by atoms with Crippen molar-refractivity contribution >= 4 is 34.7 Å². The number of aliphatic hydroxyl groups is 1. The van der Waals surface area contributed by atoms with Crippen molar-refractivity contribution in [2.75, 3.05) is 5.32 Å². The molecule has 1 aliphatic rings. The van der Waals surface area contributed by atoms with Gasteiger partial charge in [-0.3, -0.25) is 4.98 Å². The zero-order valence-corrected chi connectivity index (χ0v) is 17.8. The highest BCUT2D eigenvalue weighted by Crippen LogP contribution is 2.44. The maximum absolute atomic E-state index is 10.6. The Morgan fingerprint density at radius 2 is 1.94 bits per heavy atom. The maximum Gasteiger partial charge on any atom is 0.150 e. The lowest BCUT2D eigenvalue weighted by molar-refractivity contribution is 0.225. The number of aromatic nitrogens is 2. The van der Waals surface area contributed by atoms with E-state index in [-0.39, 0.29) is 6.04 Å². The first-order valence-electron chi connectivity index (χ1n) is 9.72. The third kappa shape index (κ3) is 4.18. The average molecular weight is 448 g/mol. The van der Waals surface area contributed by atoms with Crippen LogP contribution in [-0.4, -0.2) is 15.1 Å². The summed E-state index contributed by atoms with van der Waals surface area (Å²) < 4.78 is 6.14. The fraction of sp³-hybridized carbons (Fsp3) is 0.0833. The molecule has 5 nitrogen and oxygen atoms in total. The molecule has 7 heteroatoms. The quantitative estimate of drug-likeness (QED) is 0.387. The Morgan fingerprint density at radius 3 is 2.81 bits per heavy atom. The van der Waals surface area contributed by atoms with Crippen molar-refractivity contribution in [1.82, 2.24) is 9.97 Å². The number of hydrogen-bond donors (Lipinski definition) is 2. The van der Waals surface area contributed by atoms with Gasteiger partial charge in [-0.15, -0.1) is 11.3 Å². The van der Waals surface area contributed by atoms with E-state index in [1.54, 1.807) is 24.5 Å². The largest absolute Gasteiger partial charge is 0.455 e. The molecule has 154 valence electrons. The number of ether oxygens (including phenoxy) is 1. The average Bonchev–Trinajstić information content (AvgIpc) is 3.22. The van der Waals surface area contributed by atoms with E-state index in [4.69, 9.17) is 21.3 Å². The molecule has 0 amide bonds. The molecule has 0 fully saturated rings. The van der Waals surface area contributed by atoms with Gasteiger partial charge in [0.05, 0.1) is 11.4 Å². The predicted octanol–water partition coefficient (Wildman–Crippen LogP) is 6.25. The number of fused-ring (bicyclic) bond motifs is 2. The summed E-state index contributed by atoms with van der Waals surface area (Å²) in [5.74, 6) is 1.47. The molecular formula is C24H18ClN3O2S. The molecule has 2 unspecified atom stereocenters. The summed E-state index contributed by atoms with van der Waals surface area (Å²) in [5.41, 5.74) is 3.33. The van der Waals surface area contributed by atoms with Crippen LogP contribution < -0.4 is 10.1 Å². The summed E-state index contributed by atoms with van der Waals surface area (Å²) in [6.45, 7) is 0. The van der Waals surface area contributed by atoms with Gasteiger partial charge in [-0.1, -0.05) is 35.9 Å². The van der Waals surface area contributed by atoms with Gasteiger partial charge in [0.2, 0.25) is 0 Å². The van der Waals surface area contributed by atoms with Crippen molar-refractivity contribution in [2.24, 2.45) is 0 Å². The molecule has 5 rings (SSSR count). The van der Waals surface area contributed by atoms with Crippen LogP contribution in [0.4, 0.5) is 5.69 Å². The molecule has 2 aromatic carbocycles. The van der Waals surface area contributed by atoms with Crippen LogP contribution in [0.1, 0.15) is 34.0 Å². The molecule has 1 aliphatic heterocycles. The van der Waals surface area contributed by atoms with Gasteiger partial charge in [-0.05, 0) is 48.0 Å². The van der Waals surface area contributed by atoms with Gasteiger partial charge in [-0.25, -0.2) is 4.98 Å². The highest BCUT2D eigenvalue weighted by molar-refractivity contribution is 7.09. The lowest BCUT2D eigenvalue weighted by Gasteiger charge is -2.16. The molecule has 31 heavy (non-hydrogen) atoms. The van der Waals surface area contributed by atoms with E-state index in [0.717, 1.165) is 27.6 Å². The van der Waals surface area contributed by atoms with Gasteiger partial charge in [0.25, 0.3) is 0 Å². The second kappa shape index (κ2) is 8.51. The Morgan fingerprint density at radius 1 is 1.10 bits per heavy atom. The molecular weight excluding hydrogens is 430 g/mol. The zero-order valence-electron chi connectivity index (χ0n) is 16.3. The molecule has 0 radical (unpaired) electrons. The standard InChI is InChI=1S/C24H18ClN3O2S/c25-16-6-8-22-18(13-16)27-23(17-3-1-2-4-21(17)30-22)24-28-19(14-31-24)20(29)7-5-15-9-11-26-12-10-15/h1-14,20,23,27,29H. The van der Waals surface area contributed by atoms with Crippen molar-refractivity contribution in [3.63, 3.8) is 0 Å². The number of benzene rings is 2. The number of aliphatic hydroxyl groups excluding tert-OH is 1. The fourth-order valence-corrected chi connectivity index (χ4v) is 4.49. The van der Waals surface area contributed by atoms with Crippen LogP contribution in [0.15, 0.2) is 78.4 Å². The monoisotopic (exact) mass is 447 g/mol. The number of anilines is 1. The first-order chi connectivity index (χ1) is 15.2. The predicted molar refractivity (Wildman–Crippen MR) is 124 cm³/mol. The van der Waals surface area contributed by atoms with Crippen LogP contribution in [0.5, 0.6) is 11.5 Å². The number of pyridine rings is 1. The first-order valence-corrected chi connectivity index (χ1v) is 11.0. The molecule has 3 heterocycles. The number of nitrogens with one attached hydrogen (secondary N) is 1. The molecule has 4 aromatic rings. The summed E-state index contributed by atoms with van der Waals surface area (Å²) in [4.78, 5) is 8.74. The highest BCUT2D eigenvalue weighted by Gasteiger charge is 2.27. The fourth-order valence-electron chi connectivity index (χ4n) is 3.41. The minimum Gasteiger partial charge on any atom is -0.455 e. The Bertz CT molecular complexity index is 1240. The van der Waals surface area contributed by atoms with E-state index in [1.165, 1.54) is 11.3 Å². The van der Waals surface area contributed by atoms with Crippen LogP contribution in [0.3, 0.4) is 0 Å². The number of rotatable bonds is 4. The number of halogens is 1. The van der Waals surface area contributed by atoms with Gasteiger partial charge in [0.15, 0.2) is 5.75 Å². The lowest BCUT2D eigenvalue weighted by Crippen LogP contribution is -2.11. The van der Waals surface area contributed by atoms with Crippen LogP contribution >= 0.6 is 22.9 Å². The van der Waals surface area contributed by atoms with Crippen molar-refractivity contribution in [2.45, 2.75) is 12.1 Å². The molecule has 0 spiro atoms. The van der Waals surface area contributed by atoms with E-state index in [0.29, 0.717) is 16.5 Å². The normalized spacial score (nSPS) is 16.0. The van der Waals surface area contributed by atoms with Crippen LogP contribution in [0, 0.1) is 0 Å². The Labute approximate surface area is 188 Å². The van der Waals surface area contributed by atoms with E-state index in [2.05, 4.69) is 10.3 Å². The molecule has 0 saturated carbocycles. The second-order valence-electron chi connectivity index (χ2n) is 7.05. The molecule has 2 atom stereocenters. The van der Waals surface area contributed by atoms with Gasteiger partial charge < -0.3 is 15.2 Å². The lowest BCUT2D eigenvalue weighted by atomic mass is 10.1. The molecule has 0 bridgehead atoms.